The number of carbonyl (C=O) groups excluding carboxylic acids is 2. The largest absolute Gasteiger partial charge is 0.480 e. The minimum Gasteiger partial charge on any atom is -0.480 e. The number of amides is 1. The van der Waals surface area contributed by atoms with Crippen molar-refractivity contribution in [1.82, 2.24) is 9.88 Å². The normalized spacial score (nSPS) is 14.9. The number of ketones is 1. The Morgan fingerprint density at radius 1 is 1.08 bits per heavy atom. The number of aromatic amines is 1. The topological polar surface area (TPSA) is 90.5 Å². The van der Waals surface area contributed by atoms with Gasteiger partial charge in [-0.1, -0.05) is 12.1 Å². The van der Waals surface area contributed by atoms with Crippen LogP contribution in [0.1, 0.15) is 46.0 Å². The Morgan fingerprint density at radius 2 is 1.71 bits per heavy atom. The minimum absolute atomic E-state index is 0.00948. The van der Waals surface area contributed by atoms with Crippen LogP contribution < -0.4 is 0 Å². The van der Waals surface area contributed by atoms with E-state index >= 15 is 0 Å². The molecular weight excluding hydrogens is 308 g/mol. The van der Waals surface area contributed by atoms with Gasteiger partial charge in [0.25, 0.3) is 5.91 Å². The minimum atomic E-state index is -1.02. The van der Waals surface area contributed by atoms with Gasteiger partial charge in [0.15, 0.2) is 5.78 Å². The van der Waals surface area contributed by atoms with Crippen molar-refractivity contribution in [2.45, 2.75) is 31.8 Å². The summed E-state index contributed by atoms with van der Waals surface area (Å²) >= 11 is 0. The molecule has 124 valence electrons. The van der Waals surface area contributed by atoms with Crippen LogP contribution in [0.3, 0.4) is 0 Å². The van der Waals surface area contributed by atoms with Crippen LogP contribution >= 0.6 is 0 Å². The van der Waals surface area contributed by atoms with Crippen LogP contribution in [0.4, 0.5) is 0 Å². The second-order valence-electron chi connectivity index (χ2n) is 5.96. The molecule has 1 aliphatic carbocycles. The van der Waals surface area contributed by atoms with Crippen LogP contribution in [-0.4, -0.2) is 44.7 Å². The summed E-state index contributed by atoms with van der Waals surface area (Å²) in [6.45, 7) is 1.52. The van der Waals surface area contributed by atoms with Gasteiger partial charge in [-0.3, -0.25) is 9.59 Å². The number of carboxylic acid groups (broad SMARTS) is 1. The molecule has 1 saturated carbocycles. The van der Waals surface area contributed by atoms with Gasteiger partial charge >= 0.3 is 5.97 Å². The molecule has 1 heterocycles. The number of aromatic nitrogens is 1. The number of carbonyl (C=O) groups is 3. The molecule has 0 saturated heterocycles. The zero-order valence-corrected chi connectivity index (χ0v) is 13.2. The third-order valence-electron chi connectivity index (χ3n) is 4.20. The molecule has 6 heteroatoms. The molecule has 2 aromatic rings. The molecule has 1 fully saturated rings. The molecule has 1 atom stereocenters. The second-order valence-corrected chi connectivity index (χ2v) is 5.96. The third kappa shape index (κ3) is 3.08. The number of nitrogens with zero attached hydrogens (tertiary/aromatic N) is 1. The third-order valence-corrected chi connectivity index (χ3v) is 4.20. The summed E-state index contributed by atoms with van der Waals surface area (Å²) in [5.41, 5.74) is 1.42. The van der Waals surface area contributed by atoms with Gasteiger partial charge in [-0.15, -0.1) is 0 Å². The summed E-state index contributed by atoms with van der Waals surface area (Å²) < 4.78 is 0. The first-order valence-corrected chi connectivity index (χ1v) is 7.82. The van der Waals surface area contributed by atoms with Crippen molar-refractivity contribution in [1.29, 1.82) is 0 Å². The molecule has 1 aromatic heterocycles. The van der Waals surface area contributed by atoms with Gasteiger partial charge in [-0.05, 0) is 38.0 Å². The number of rotatable bonds is 6. The average Bonchev–Trinajstić information content (AvgIpc) is 3.26. The summed E-state index contributed by atoms with van der Waals surface area (Å²) in [5.74, 6) is -1.46. The van der Waals surface area contributed by atoms with E-state index in [1.54, 1.807) is 42.7 Å². The highest BCUT2D eigenvalue weighted by Crippen LogP contribution is 2.30. The van der Waals surface area contributed by atoms with Gasteiger partial charge in [0, 0.05) is 35.1 Å². The lowest BCUT2D eigenvalue weighted by atomic mass is 10.0. The van der Waals surface area contributed by atoms with Crippen molar-refractivity contribution in [3.8, 4) is 0 Å². The zero-order valence-electron chi connectivity index (χ0n) is 13.2. The highest BCUT2D eigenvalue weighted by Gasteiger charge is 2.38. The van der Waals surface area contributed by atoms with Gasteiger partial charge in [0.05, 0.1) is 0 Å². The fourth-order valence-corrected chi connectivity index (χ4v) is 2.67. The van der Waals surface area contributed by atoms with Crippen LogP contribution in [0.2, 0.25) is 0 Å². The molecule has 24 heavy (non-hydrogen) atoms. The lowest BCUT2D eigenvalue weighted by Gasteiger charge is -2.26. The van der Waals surface area contributed by atoms with E-state index in [4.69, 9.17) is 0 Å². The molecule has 0 bridgehead atoms. The summed E-state index contributed by atoms with van der Waals surface area (Å²) in [5, 5.41) is 9.21. The maximum absolute atomic E-state index is 12.7. The van der Waals surface area contributed by atoms with Gasteiger partial charge in [0.1, 0.15) is 6.04 Å². The first-order valence-electron chi connectivity index (χ1n) is 7.82. The van der Waals surface area contributed by atoms with Crippen LogP contribution in [0.5, 0.6) is 0 Å². The maximum atomic E-state index is 12.7. The molecule has 0 spiro atoms. The highest BCUT2D eigenvalue weighted by atomic mass is 16.4. The standard InChI is InChI=1S/C18H18N2O4/c1-11(18(23)24)20(15-6-7-15)17(22)13-4-2-12(3-5-13)16(21)14-8-9-19-10-14/h2-5,8-11,15,19H,6-7H2,1H3,(H,23,24). The van der Waals surface area contributed by atoms with Crippen molar-refractivity contribution < 1.29 is 19.5 Å². The fraction of sp³-hybridized carbons (Fsp3) is 0.278. The Hall–Kier alpha value is -2.89. The monoisotopic (exact) mass is 326 g/mol. The van der Waals surface area contributed by atoms with E-state index in [2.05, 4.69) is 4.98 Å². The van der Waals surface area contributed by atoms with Crippen molar-refractivity contribution in [2.75, 3.05) is 0 Å². The van der Waals surface area contributed by atoms with Crippen molar-refractivity contribution >= 4 is 17.7 Å². The molecule has 2 N–H and O–H groups in total. The molecular formula is C18H18N2O4. The zero-order chi connectivity index (χ0) is 17.3. The Morgan fingerprint density at radius 3 is 2.21 bits per heavy atom. The molecule has 6 nitrogen and oxygen atoms in total. The fourth-order valence-electron chi connectivity index (χ4n) is 2.67. The Labute approximate surface area is 139 Å². The van der Waals surface area contributed by atoms with Gasteiger partial charge in [-0.2, -0.15) is 0 Å². The van der Waals surface area contributed by atoms with Gasteiger partial charge in [-0.25, -0.2) is 4.79 Å². The van der Waals surface area contributed by atoms with Crippen LogP contribution in [-0.2, 0) is 4.79 Å². The van der Waals surface area contributed by atoms with Crippen molar-refractivity contribution in [2.24, 2.45) is 0 Å². The number of hydrogen-bond donors (Lipinski definition) is 2. The number of aliphatic carboxylic acids is 1. The van der Waals surface area contributed by atoms with E-state index < -0.39 is 12.0 Å². The number of nitrogens with one attached hydrogen (secondary N) is 1. The smallest absolute Gasteiger partial charge is 0.326 e. The quantitative estimate of drug-likeness (QED) is 0.797. The summed E-state index contributed by atoms with van der Waals surface area (Å²) in [6.07, 6.45) is 4.94. The van der Waals surface area contributed by atoms with Gasteiger partial charge in [0.2, 0.25) is 0 Å². The summed E-state index contributed by atoms with van der Waals surface area (Å²) in [4.78, 5) is 40.4. The average molecular weight is 326 g/mol. The van der Waals surface area contributed by atoms with E-state index in [1.165, 1.54) is 11.8 Å². The van der Waals surface area contributed by atoms with Crippen LogP contribution in [0.15, 0.2) is 42.7 Å². The van der Waals surface area contributed by atoms with E-state index in [1.807, 2.05) is 0 Å². The van der Waals surface area contributed by atoms with Crippen molar-refractivity contribution in [3.05, 3.63) is 59.4 Å². The molecule has 1 aliphatic rings. The molecule has 1 unspecified atom stereocenters. The molecule has 0 radical (unpaired) electrons. The molecule has 1 aromatic carbocycles. The maximum Gasteiger partial charge on any atom is 0.326 e. The first kappa shape index (κ1) is 16.0. The van der Waals surface area contributed by atoms with Gasteiger partial charge < -0.3 is 15.0 Å². The number of hydrogen-bond acceptors (Lipinski definition) is 3. The predicted molar refractivity (Wildman–Crippen MR) is 87.0 cm³/mol. The second kappa shape index (κ2) is 6.31. The first-order chi connectivity index (χ1) is 11.5. The SMILES string of the molecule is CC(C(=O)O)N(C(=O)c1ccc(C(=O)c2cc[nH]c2)cc1)C1CC1. The lowest BCUT2D eigenvalue weighted by molar-refractivity contribution is -0.141. The Balaban J connectivity index is 1.80. The van der Waals surface area contributed by atoms with E-state index in [0.29, 0.717) is 16.7 Å². The number of carboxylic acids is 1. The van der Waals surface area contributed by atoms with Crippen molar-refractivity contribution in [3.63, 3.8) is 0 Å². The molecule has 0 aliphatic heterocycles. The predicted octanol–water partition coefficient (Wildman–Crippen LogP) is 2.32. The molecule has 1 amide bonds. The summed E-state index contributed by atoms with van der Waals surface area (Å²) in [7, 11) is 0. The molecule has 3 rings (SSSR count). The highest BCUT2D eigenvalue weighted by molar-refractivity contribution is 6.09. The number of benzene rings is 1. The number of H-pyrrole nitrogens is 1. The van der Waals surface area contributed by atoms with E-state index in [0.717, 1.165) is 12.8 Å². The Bertz CT molecular complexity index is 761. The summed E-state index contributed by atoms with van der Waals surface area (Å²) in [6, 6.07) is 7.15. The van der Waals surface area contributed by atoms with E-state index in [-0.39, 0.29) is 17.7 Å². The Kier molecular flexibility index (Phi) is 4.20. The van der Waals surface area contributed by atoms with Crippen LogP contribution in [0.25, 0.3) is 0 Å². The lowest BCUT2D eigenvalue weighted by Crippen LogP contribution is -2.44. The van der Waals surface area contributed by atoms with E-state index in [9.17, 15) is 19.5 Å². The van der Waals surface area contributed by atoms with Crippen LogP contribution in [0, 0.1) is 0 Å².